The van der Waals surface area contributed by atoms with Gasteiger partial charge in [-0.2, -0.15) is 0 Å². The second kappa shape index (κ2) is 10.3. The number of para-hydroxylation sites is 1. The molecular formula is C23H25N3O5. The molecule has 0 unspecified atom stereocenters. The van der Waals surface area contributed by atoms with Gasteiger partial charge in [0.1, 0.15) is 18.3 Å². The fourth-order valence-corrected chi connectivity index (χ4v) is 3.27. The minimum absolute atomic E-state index is 0.158. The number of aromatic nitrogens is 1. The molecule has 0 bridgehead atoms. The summed E-state index contributed by atoms with van der Waals surface area (Å²) in [5.41, 5.74) is 2.15. The van der Waals surface area contributed by atoms with Crippen molar-refractivity contribution in [2.24, 2.45) is 7.05 Å². The van der Waals surface area contributed by atoms with Crippen LogP contribution in [0.3, 0.4) is 0 Å². The van der Waals surface area contributed by atoms with Gasteiger partial charge in [0.05, 0.1) is 0 Å². The Morgan fingerprint density at radius 3 is 2.48 bits per heavy atom. The molecule has 0 aliphatic carbocycles. The van der Waals surface area contributed by atoms with E-state index in [-0.39, 0.29) is 19.6 Å². The lowest BCUT2D eigenvalue weighted by molar-refractivity contribution is -0.139. The highest BCUT2D eigenvalue weighted by molar-refractivity contribution is 6.00. The molecule has 0 spiro atoms. The van der Waals surface area contributed by atoms with Crippen LogP contribution in [0.25, 0.3) is 10.9 Å². The maximum Gasteiger partial charge on any atom is 0.407 e. The topological polar surface area (TPSA) is 110 Å². The van der Waals surface area contributed by atoms with Gasteiger partial charge in [-0.3, -0.25) is 4.79 Å². The first-order chi connectivity index (χ1) is 15.0. The van der Waals surface area contributed by atoms with E-state index in [9.17, 15) is 19.5 Å². The molecule has 0 radical (unpaired) electrons. The Balaban J connectivity index is 1.46. The van der Waals surface area contributed by atoms with Gasteiger partial charge in [-0.05, 0) is 30.5 Å². The second-order valence-electron chi connectivity index (χ2n) is 7.14. The van der Waals surface area contributed by atoms with E-state index >= 15 is 0 Å². The summed E-state index contributed by atoms with van der Waals surface area (Å²) in [6.07, 6.45) is -0.0354. The molecule has 1 atom stereocenters. The van der Waals surface area contributed by atoms with Crippen LogP contribution in [0.5, 0.6) is 0 Å². The second-order valence-corrected chi connectivity index (χ2v) is 7.14. The molecular weight excluding hydrogens is 398 g/mol. The molecule has 3 N–H and O–H groups in total. The van der Waals surface area contributed by atoms with Crippen molar-refractivity contribution in [1.82, 2.24) is 15.2 Å². The molecule has 2 amide bonds. The molecule has 0 aliphatic rings. The Kier molecular flexibility index (Phi) is 7.26. The quantitative estimate of drug-likeness (QED) is 0.458. The third-order valence-electron chi connectivity index (χ3n) is 4.94. The van der Waals surface area contributed by atoms with Crippen molar-refractivity contribution in [1.29, 1.82) is 0 Å². The number of carbonyl (C=O) groups excluding carboxylic acids is 2. The van der Waals surface area contributed by atoms with E-state index in [1.165, 1.54) is 0 Å². The zero-order valence-electron chi connectivity index (χ0n) is 17.2. The third kappa shape index (κ3) is 5.85. The van der Waals surface area contributed by atoms with Crippen LogP contribution in [-0.2, 0) is 23.2 Å². The molecule has 0 saturated carbocycles. The number of amides is 2. The van der Waals surface area contributed by atoms with Gasteiger partial charge in [0.15, 0.2) is 0 Å². The standard InChI is InChI=1S/C23H25N3O5/c1-26-19-12-6-5-10-17(19)14-20(26)21(27)25-18(22(28)29)11-7-13-24-23(30)31-15-16-8-3-2-4-9-16/h2-6,8-10,12,14,18H,7,11,13,15H2,1H3,(H,24,30)(H,25,27)(H,28,29)/t18-/m0/s1. The Morgan fingerprint density at radius 2 is 1.77 bits per heavy atom. The summed E-state index contributed by atoms with van der Waals surface area (Å²) < 4.78 is 6.84. The van der Waals surface area contributed by atoms with E-state index < -0.39 is 24.0 Å². The average molecular weight is 423 g/mol. The number of hydrogen-bond acceptors (Lipinski definition) is 4. The van der Waals surface area contributed by atoms with Gasteiger partial charge in [-0.25, -0.2) is 9.59 Å². The number of aliphatic carboxylic acids is 1. The monoisotopic (exact) mass is 423 g/mol. The summed E-state index contributed by atoms with van der Waals surface area (Å²) >= 11 is 0. The summed E-state index contributed by atoms with van der Waals surface area (Å²) in [5, 5.41) is 15.5. The van der Waals surface area contributed by atoms with Crippen molar-refractivity contribution < 1.29 is 24.2 Å². The minimum atomic E-state index is -1.13. The van der Waals surface area contributed by atoms with E-state index in [1.54, 1.807) is 17.7 Å². The van der Waals surface area contributed by atoms with Crippen LogP contribution in [-0.4, -0.2) is 40.2 Å². The van der Waals surface area contributed by atoms with Gasteiger partial charge >= 0.3 is 12.1 Å². The first-order valence-electron chi connectivity index (χ1n) is 9.98. The molecule has 8 heteroatoms. The Labute approximate surface area is 179 Å². The summed E-state index contributed by atoms with van der Waals surface area (Å²) in [4.78, 5) is 36.0. The van der Waals surface area contributed by atoms with Gasteiger partial charge < -0.3 is 25.0 Å². The number of ether oxygens (including phenoxy) is 1. The first-order valence-corrected chi connectivity index (χ1v) is 9.98. The van der Waals surface area contributed by atoms with E-state index in [2.05, 4.69) is 10.6 Å². The molecule has 0 aliphatic heterocycles. The van der Waals surface area contributed by atoms with Crippen LogP contribution in [0.4, 0.5) is 4.79 Å². The average Bonchev–Trinajstić information content (AvgIpc) is 3.11. The molecule has 3 rings (SSSR count). The largest absolute Gasteiger partial charge is 0.480 e. The van der Waals surface area contributed by atoms with Crippen LogP contribution in [0.15, 0.2) is 60.7 Å². The summed E-state index contributed by atoms with van der Waals surface area (Å²) in [5.74, 6) is -1.58. The molecule has 8 nitrogen and oxygen atoms in total. The van der Waals surface area contributed by atoms with Gasteiger partial charge in [0.2, 0.25) is 0 Å². The van der Waals surface area contributed by atoms with Gasteiger partial charge in [0, 0.05) is 24.5 Å². The molecule has 31 heavy (non-hydrogen) atoms. The van der Waals surface area contributed by atoms with Gasteiger partial charge in [-0.15, -0.1) is 0 Å². The van der Waals surface area contributed by atoms with Crippen LogP contribution >= 0.6 is 0 Å². The van der Waals surface area contributed by atoms with E-state index in [0.29, 0.717) is 12.1 Å². The van der Waals surface area contributed by atoms with Crippen molar-refractivity contribution in [2.75, 3.05) is 6.54 Å². The fraction of sp³-hybridized carbons (Fsp3) is 0.261. The van der Waals surface area contributed by atoms with Gasteiger partial charge in [-0.1, -0.05) is 48.5 Å². The van der Waals surface area contributed by atoms with E-state index in [1.807, 2.05) is 54.6 Å². The Bertz CT molecular complexity index is 1060. The predicted octanol–water partition coefficient (Wildman–Crippen LogP) is 3.07. The number of benzene rings is 2. The van der Waals surface area contributed by atoms with Crippen molar-refractivity contribution in [3.05, 3.63) is 71.9 Å². The number of nitrogens with zero attached hydrogens (tertiary/aromatic N) is 1. The summed E-state index contributed by atoms with van der Waals surface area (Å²) in [6.45, 7) is 0.396. The smallest absolute Gasteiger partial charge is 0.407 e. The van der Waals surface area contributed by atoms with Crippen molar-refractivity contribution in [2.45, 2.75) is 25.5 Å². The number of hydrogen-bond donors (Lipinski definition) is 3. The normalized spacial score (nSPS) is 11.6. The number of aryl methyl sites for hydroxylation is 1. The fourth-order valence-electron chi connectivity index (χ4n) is 3.27. The number of fused-ring (bicyclic) bond motifs is 1. The molecule has 3 aromatic rings. The number of carboxylic acid groups (broad SMARTS) is 1. The molecule has 162 valence electrons. The highest BCUT2D eigenvalue weighted by atomic mass is 16.5. The molecule has 0 saturated heterocycles. The molecule has 1 aromatic heterocycles. The molecule has 1 heterocycles. The van der Waals surface area contributed by atoms with Gasteiger partial charge in [0.25, 0.3) is 5.91 Å². The van der Waals surface area contributed by atoms with E-state index in [0.717, 1.165) is 16.5 Å². The highest BCUT2D eigenvalue weighted by Gasteiger charge is 2.22. The molecule has 2 aromatic carbocycles. The summed E-state index contributed by atoms with van der Waals surface area (Å²) in [7, 11) is 1.76. The van der Waals surface area contributed by atoms with Crippen molar-refractivity contribution >= 4 is 28.9 Å². The zero-order valence-corrected chi connectivity index (χ0v) is 17.2. The van der Waals surface area contributed by atoms with Crippen LogP contribution in [0.2, 0.25) is 0 Å². The lowest BCUT2D eigenvalue weighted by Gasteiger charge is -2.15. The lowest BCUT2D eigenvalue weighted by atomic mass is 10.1. The minimum Gasteiger partial charge on any atom is -0.480 e. The Hall–Kier alpha value is -3.81. The summed E-state index contributed by atoms with van der Waals surface area (Å²) in [6, 6.07) is 17.5. The third-order valence-corrected chi connectivity index (χ3v) is 4.94. The zero-order chi connectivity index (χ0) is 22.2. The van der Waals surface area contributed by atoms with E-state index in [4.69, 9.17) is 4.74 Å². The number of carboxylic acids is 1. The molecule has 0 fully saturated rings. The Morgan fingerprint density at radius 1 is 1.06 bits per heavy atom. The number of rotatable bonds is 9. The number of carbonyl (C=O) groups is 3. The predicted molar refractivity (Wildman–Crippen MR) is 116 cm³/mol. The van der Waals surface area contributed by atoms with Crippen molar-refractivity contribution in [3.8, 4) is 0 Å². The maximum absolute atomic E-state index is 12.6. The van der Waals surface area contributed by atoms with Crippen LogP contribution < -0.4 is 10.6 Å². The highest BCUT2D eigenvalue weighted by Crippen LogP contribution is 2.18. The number of nitrogens with one attached hydrogen (secondary N) is 2. The SMILES string of the molecule is Cn1c(C(=O)N[C@@H](CCCNC(=O)OCc2ccccc2)C(=O)O)cc2ccccc21. The van der Waals surface area contributed by atoms with Crippen LogP contribution in [0.1, 0.15) is 28.9 Å². The van der Waals surface area contributed by atoms with Crippen LogP contribution in [0, 0.1) is 0 Å². The lowest BCUT2D eigenvalue weighted by Crippen LogP contribution is -2.41. The first kappa shape index (κ1) is 21.9. The maximum atomic E-state index is 12.6. The number of alkyl carbamates (subject to hydrolysis) is 1. The van der Waals surface area contributed by atoms with Crippen molar-refractivity contribution in [3.63, 3.8) is 0 Å².